The summed E-state index contributed by atoms with van der Waals surface area (Å²) in [5, 5.41) is 10.4. The number of methoxy groups -OCH3 is 3. The van der Waals surface area contributed by atoms with Gasteiger partial charge in [0.1, 0.15) is 5.75 Å². The summed E-state index contributed by atoms with van der Waals surface area (Å²) < 4.78 is 97.3. The second-order valence-electron chi connectivity index (χ2n) is 17.1. The van der Waals surface area contributed by atoms with E-state index >= 15 is 0 Å². The summed E-state index contributed by atoms with van der Waals surface area (Å²) in [6, 6.07) is 9.45. The average molecular weight is 1040 g/mol. The second-order valence-corrected chi connectivity index (χ2v) is 21.0. The van der Waals surface area contributed by atoms with E-state index in [4.69, 9.17) is 60.7 Å². The summed E-state index contributed by atoms with van der Waals surface area (Å²) in [6.45, 7) is 11.8. The van der Waals surface area contributed by atoms with Crippen LogP contribution in [0.4, 0.5) is 0 Å². The molecule has 3 aromatic rings. The number of phosphoric acid groups is 1. The maximum atomic E-state index is 13.3. The van der Waals surface area contributed by atoms with E-state index in [1.807, 2.05) is 6.07 Å². The molecule has 2 aliphatic heterocycles. The number of aryl methyl sites for hydroxylation is 1. The molecule has 0 radical (unpaired) electrons. The lowest BCUT2D eigenvalue weighted by atomic mass is 9.98. The molecule has 0 spiro atoms. The Labute approximate surface area is 417 Å². The van der Waals surface area contributed by atoms with Gasteiger partial charge in [-0.05, 0) is 100 Å². The van der Waals surface area contributed by atoms with Crippen molar-refractivity contribution in [3.8, 4) is 22.9 Å². The van der Waals surface area contributed by atoms with Gasteiger partial charge in [0.05, 0.1) is 124 Å². The zero-order chi connectivity index (χ0) is 51.2. The number of carbonyl (C=O) groups excluding carboxylic acids is 1. The van der Waals surface area contributed by atoms with Crippen LogP contribution in [-0.4, -0.2) is 169 Å². The monoisotopic (exact) mass is 1040 g/mol. The molecule has 5 rings (SSSR count). The number of nitrogens with one attached hydrogen (secondary N) is 1. The zero-order valence-electron chi connectivity index (χ0n) is 42.4. The molecule has 0 bridgehead atoms. The van der Waals surface area contributed by atoms with Crippen molar-refractivity contribution in [3.05, 3.63) is 58.9 Å². The van der Waals surface area contributed by atoms with Crippen LogP contribution in [0.15, 0.2) is 36.5 Å². The first-order chi connectivity index (χ1) is 34.2. The van der Waals surface area contributed by atoms with Crippen LogP contribution in [0.5, 0.6) is 17.2 Å². The van der Waals surface area contributed by atoms with E-state index in [0.717, 1.165) is 56.1 Å². The topological polar surface area (TPSA) is 237 Å². The molecule has 1 aromatic heterocycles. The summed E-state index contributed by atoms with van der Waals surface area (Å²) >= 11 is 0. The van der Waals surface area contributed by atoms with E-state index in [9.17, 15) is 18.8 Å². The van der Waals surface area contributed by atoms with Gasteiger partial charge in [-0.1, -0.05) is 12.1 Å². The van der Waals surface area contributed by atoms with E-state index in [2.05, 4.69) is 32.7 Å². The molecule has 24 heteroatoms. The number of rotatable bonds is 37. The van der Waals surface area contributed by atoms with Gasteiger partial charge in [0.15, 0.2) is 22.6 Å². The summed E-state index contributed by atoms with van der Waals surface area (Å²) in [5.74, 6) is 0.678. The third-order valence-corrected chi connectivity index (χ3v) is 15.9. The molecule has 0 saturated carbocycles. The lowest BCUT2D eigenvalue weighted by Gasteiger charge is -2.42. The van der Waals surface area contributed by atoms with Gasteiger partial charge < -0.3 is 57.4 Å². The lowest BCUT2D eigenvalue weighted by Crippen LogP contribution is -2.40. The van der Waals surface area contributed by atoms with Crippen molar-refractivity contribution >= 4 is 21.3 Å². The number of carbonyl (C=O) groups is 1. The van der Waals surface area contributed by atoms with Gasteiger partial charge in [-0.25, -0.2) is 9.25 Å². The molecule has 400 valence electrons. The SMILES string of the molecule is CCC(C)(OCCOCCOCCOCCOCCOCCOP1(=O)OC(C)(CCCc2cn(-c3ccc(OC)c(C(=O)NCCCCN4CCc5cc(OC)c(OC)cc5C4)c3)nn2)O1)P(=O)(O)OC. The van der Waals surface area contributed by atoms with Crippen molar-refractivity contribution in [2.75, 3.05) is 127 Å². The van der Waals surface area contributed by atoms with Gasteiger partial charge in [0.2, 0.25) is 0 Å². The summed E-state index contributed by atoms with van der Waals surface area (Å²) in [4.78, 5) is 25.7. The average Bonchev–Trinajstić information content (AvgIpc) is 3.84. The number of fused-ring (bicyclic) bond motifs is 1. The molecule has 71 heavy (non-hydrogen) atoms. The first-order valence-electron chi connectivity index (χ1n) is 24.1. The smallest absolute Gasteiger partial charge is 0.479 e. The highest BCUT2D eigenvalue weighted by Gasteiger charge is 2.53. The minimum Gasteiger partial charge on any atom is -0.496 e. The van der Waals surface area contributed by atoms with E-state index in [-0.39, 0.29) is 32.3 Å². The molecule has 2 N–H and O–H groups in total. The first kappa shape index (κ1) is 58.3. The number of nitrogens with zero attached hydrogens (tertiary/aromatic N) is 4. The number of hydrogen-bond donors (Lipinski definition) is 2. The number of benzene rings is 2. The number of unbranched alkanes of at least 4 members (excludes halogenated alkanes) is 1. The fraction of sp³-hybridized carbons (Fsp3) is 0.681. The van der Waals surface area contributed by atoms with E-state index in [1.54, 1.807) is 58.0 Å². The molecule has 2 atom stereocenters. The zero-order valence-corrected chi connectivity index (χ0v) is 44.2. The number of amides is 1. The first-order valence-corrected chi connectivity index (χ1v) is 27.1. The Bertz CT molecular complexity index is 2180. The van der Waals surface area contributed by atoms with Gasteiger partial charge in [-0.15, -0.1) is 5.10 Å². The Morgan fingerprint density at radius 1 is 0.831 bits per heavy atom. The van der Waals surface area contributed by atoms with Crippen molar-refractivity contribution in [1.29, 1.82) is 0 Å². The minimum atomic E-state index is -3.89. The van der Waals surface area contributed by atoms with Gasteiger partial charge in [0.25, 0.3) is 5.91 Å². The Hall–Kier alpha value is -3.57. The molecule has 1 amide bonds. The fourth-order valence-electron chi connectivity index (χ4n) is 7.75. The molecule has 1 fully saturated rings. The maximum absolute atomic E-state index is 13.3. The molecule has 3 heterocycles. The van der Waals surface area contributed by atoms with E-state index < -0.39 is 26.5 Å². The number of phosphoric ester groups is 1. The third kappa shape index (κ3) is 18.1. The van der Waals surface area contributed by atoms with E-state index in [0.29, 0.717) is 102 Å². The van der Waals surface area contributed by atoms with Crippen LogP contribution in [0.25, 0.3) is 5.69 Å². The van der Waals surface area contributed by atoms with Crippen molar-refractivity contribution in [1.82, 2.24) is 25.2 Å². The molecule has 2 unspecified atom stereocenters. The van der Waals surface area contributed by atoms with Crippen LogP contribution in [0.2, 0.25) is 0 Å². The second kappa shape index (κ2) is 29.4. The van der Waals surface area contributed by atoms with Crippen LogP contribution in [-0.2, 0) is 75.0 Å². The Morgan fingerprint density at radius 3 is 2.01 bits per heavy atom. The van der Waals surface area contributed by atoms with Crippen LogP contribution in [0.1, 0.15) is 80.1 Å². The van der Waals surface area contributed by atoms with Crippen molar-refractivity contribution in [2.45, 2.75) is 83.4 Å². The minimum absolute atomic E-state index is 0.0235. The molecular weight excluding hydrogens is 968 g/mol. The summed E-state index contributed by atoms with van der Waals surface area (Å²) in [6.07, 6.45) is 6.47. The summed E-state index contributed by atoms with van der Waals surface area (Å²) in [7, 11) is -1.53. The summed E-state index contributed by atoms with van der Waals surface area (Å²) in [5.41, 5.74) is 4.34. The number of hydrogen-bond acceptors (Lipinski definition) is 19. The van der Waals surface area contributed by atoms with Crippen molar-refractivity contribution < 1.29 is 79.5 Å². The van der Waals surface area contributed by atoms with Crippen molar-refractivity contribution in [3.63, 3.8) is 0 Å². The van der Waals surface area contributed by atoms with Gasteiger partial charge >= 0.3 is 15.4 Å². The standard InChI is InChI=1S/C47H75N5O17P2/c1-8-47(3,70(54,55)60-7)66-30-28-64-26-24-62-22-20-61-21-23-63-25-27-65-29-31-67-71(56)68-46(2,69-71)16-11-12-39-36-52(50-49-39)40-13-14-42(57-4)41(34-40)45(53)48-17-9-10-18-51-19-15-37-32-43(58-5)44(59-6)33-38(37)35-51/h13-14,32-34,36H,8-12,15-31,35H2,1-7H3,(H,48,53)(H,54,55). The highest BCUT2D eigenvalue weighted by molar-refractivity contribution is 7.54. The predicted octanol–water partition coefficient (Wildman–Crippen LogP) is 6.13. The molecular formula is C47H75N5O17P2. The molecule has 0 aliphatic carbocycles. The predicted molar refractivity (Wildman–Crippen MR) is 261 cm³/mol. The van der Waals surface area contributed by atoms with Gasteiger partial charge in [0, 0.05) is 33.2 Å². The Balaban J connectivity index is 0.858. The van der Waals surface area contributed by atoms with Crippen LogP contribution in [0.3, 0.4) is 0 Å². The van der Waals surface area contributed by atoms with Gasteiger partial charge in [-0.2, -0.15) is 0 Å². The Morgan fingerprint density at radius 2 is 1.42 bits per heavy atom. The van der Waals surface area contributed by atoms with Crippen LogP contribution >= 0.6 is 15.4 Å². The highest BCUT2D eigenvalue weighted by atomic mass is 31.2. The lowest BCUT2D eigenvalue weighted by molar-refractivity contribution is -0.214. The van der Waals surface area contributed by atoms with Crippen LogP contribution in [0, 0.1) is 0 Å². The molecule has 22 nitrogen and oxygen atoms in total. The number of aromatic nitrogens is 3. The maximum Gasteiger partial charge on any atom is 0.479 e. The highest BCUT2D eigenvalue weighted by Crippen LogP contribution is 2.66. The molecule has 2 aliphatic rings. The number of ether oxygens (including phenoxy) is 9. The van der Waals surface area contributed by atoms with Gasteiger partial charge in [-0.3, -0.25) is 27.8 Å². The molecule has 1 saturated heterocycles. The normalized spacial score (nSPS) is 19.6. The fourth-order valence-corrected chi connectivity index (χ4v) is 10.3. The Kier molecular flexibility index (Phi) is 24.1. The van der Waals surface area contributed by atoms with Crippen molar-refractivity contribution in [2.24, 2.45) is 0 Å². The quantitative estimate of drug-likeness (QED) is 0.0488. The third-order valence-electron chi connectivity index (χ3n) is 12.0. The van der Waals surface area contributed by atoms with Crippen LogP contribution < -0.4 is 19.5 Å². The van der Waals surface area contributed by atoms with E-state index in [1.165, 1.54) is 25.3 Å². The molecule has 2 aromatic carbocycles. The largest absolute Gasteiger partial charge is 0.496 e.